The molecule has 0 aromatic carbocycles. The van der Waals surface area contributed by atoms with Crippen molar-refractivity contribution in [2.45, 2.75) is 30.9 Å². The molecule has 2 nitrogen and oxygen atoms in total. The molecule has 0 aliphatic rings. The van der Waals surface area contributed by atoms with Gasteiger partial charge in [0.05, 0.1) is 15.6 Å². The highest BCUT2D eigenvalue weighted by atomic mass is 35.5. The molecule has 1 rings (SSSR count). The Morgan fingerprint density at radius 1 is 1.50 bits per heavy atom. The van der Waals surface area contributed by atoms with Gasteiger partial charge in [0.25, 0.3) is 0 Å². The number of rotatable bonds is 4. The maximum absolute atomic E-state index is 9.48. The van der Waals surface area contributed by atoms with Crippen molar-refractivity contribution in [2.24, 2.45) is 0 Å². The molecule has 1 aromatic heterocycles. The van der Waals surface area contributed by atoms with Gasteiger partial charge < -0.3 is 5.11 Å². The van der Waals surface area contributed by atoms with Crippen LogP contribution in [0.2, 0.25) is 5.02 Å². The number of thioether (sulfide) groups is 1. The van der Waals surface area contributed by atoms with Crippen molar-refractivity contribution in [1.82, 2.24) is 4.98 Å². The van der Waals surface area contributed by atoms with E-state index in [0.717, 1.165) is 17.2 Å². The summed E-state index contributed by atoms with van der Waals surface area (Å²) in [7, 11) is 0. The zero-order valence-electron chi connectivity index (χ0n) is 8.33. The molecule has 0 aliphatic carbocycles. The first-order valence-electron chi connectivity index (χ1n) is 4.44. The lowest BCUT2D eigenvalue weighted by atomic mass is 10.1. The normalized spacial score (nSPS) is 11.7. The number of aromatic nitrogens is 1. The van der Waals surface area contributed by atoms with Crippen molar-refractivity contribution >= 4 is 23.4 Å². The Morgan fingerprint density at radius 3 is 2.71 bits per heavy atom. The van der Waals surface area contributed by atoms with Crippen LogP contribution in [0, 0.1) is 0 Å². The number of pyridine rings is 1. The first kappa shape index (κ1) is 11.8. The van der Waals surface area contributed by atoms with Gasteiger partial charge >= 0.3 is 0 Å². The van der Waals surface area contributed by atoms with E-state index in [1.54, 1.807) is 18.0 Å². The lowest BCUT2D eigenvalue weighted by Crippen LogP contribution is -2.19. The predicted molar refractivity (Wildman–Crippen MR) is 60.9 cm³/mol. The summed E-state index contributed by atoms with van der Waals surface area (Å²) in [6.45, 7) is 3.62. The Balaban J connectivity index is 2.35. The van der Waals surface area contributed by atoms with E-state index in [-0.39, 0.29) is 0 Å². The van der Waals surface area contributed by atoms with E-state index in [0.29, 0.717) is 5.02 Å². The van der Waals surface area contributed by atoms with Gasteiger partial charge in [-0.3, -0.25) is 0 Å². The second-order valence-corrected chi connectivity index (χ2v) is 5.28. The maximum Gasteiger partial charge on any atom is 0.0960 e. The maximum atomic E-state index is 9.48. The van der Waals surface area contributed by atoms with E-state index in [9.17, 15) is 5.11 Å². The monoisotopic (exact) mass is 231 g/mol. The zero-order chi connectivity index (χ0) is 10.6. The van der Waals surface area contributed by atoms with Crippen molar-refractivity contribution in [1.29, 1.82) is 0 Å². The Hall–Kier alpha value is -0.250. The molecular weight excluding hydrogens is 218 g/mol. The van der Waals surface area contributed by atoms with E-state index < -0.39 is 5.60 Å². The highest BCUT2D eigenvalue weighted by Crippen LogP contribution is 2.20. The number of nitrogens with zero attached hydrogens (tertiary/aromatic N) is 1. The molecule has 0 fully saturated rings. The number of aliphatic hydroxyl groups is 1. The summed E-state index contributed by atoms with van der Waals surface area (Å²) in [5, 5.41) is 11.1. The fourth-order valence-corrected chi connectivity index (χ4v) is 2.07. The highest BCUT2D eigenvalue weighted by Gasteiger charge is 2.11. The van der Waals surface area contributed by atoms with Crippen LogP contribution >= 0.6 is 23.4 Å². The molecule has 1 heterocycles. The van der Waals surface area contributed by atoms with E-state index in [1.165, 1.54) is 0 Å². The lowest BCUT2D eigenvalue weighted by Gasteiger charge is -2.15. The standard InChI is InChI=1S/C10H14ClNOS/c1-10(2,13)5-6-14-9-4-3-8(11)7-12-9/h3-4,7,13H,5-6H2,1-2H3. The van der Waals surface area contributed by atoms with Gasteiger partial charge in [-0.25, -0.2) is 4.98 Å². The van der Waals surface area contributed by atoms with Gasteiger partial charge in [0.2, 0.25) is 0 Å². The van der Waals surface area contributed by atoms with Gasteiger partial charge in [-0.15, -0.1) is 11.8 Å². The minimum absolute atomic E-state index is 0.598. The molecule has 14 heavy (non-hydrogen) atoms. The number of hydrogen-bond acceptors (Lipinski definition) is 3. The van der Waals surface area contributed by atoms with Gasteiger partial charge in [-0.05, 0) is 32.4 Å². The fourth-order valence-electron chi connectivity index (χ4n) is 0.853. The fraction of sp³-hybridized carbons (Fsp3) is 0.500. The van der Waals surface area contributed by atoms with Gasteiger partial charge in [0, 0.05) is 11.9 Å². The smallest absolute Gasteiger partial charge is 0.0960 e. The Bertz CT molecular complexity index is 281. The van der Waals surface area contributed by atoms with Crippen molar-refractivity contribution in [3.8, 4) is 0 Å². The second kappa shape index (κ2) is 5.01. The topological polar surface area (TPSA) is 33.1 Å². The Kier molecular flexibility index (Phi) is 4.23. The molecule has 0 saturated carbocycles. The SMILES string of the molecule is CC(C)(O)CCSc1ccc(Cl)cn1. The molecule has 1 aromatic rings. The summed E-state index contributed by atoms with van der Waals surface area (Å²) in [5.41, 5.74) is -0.598. The summed E-state index contributed by atoms with van der Waals surface area (Å²) in [6.07, 6.45) is 2.38. The van der Waals surface area contributed by atoms with Crippen LogP contribution in [0.25, 0.3) is 0 Å². The second-order valence-electron chi connectivity index (χ2n) is 3.73. The molecule has 0 unspecified atom stereocenters. The van der Waals surface area contributed by atoms with Crippen LogP contribution in [-0.2, 0) is 0 Å². The van der Waals surface area contributed by atoms with Crippen molar-refractivity contribution in [3.63, 3.8) is 0 Å². The van der Waals surface area contributed by atoms with Crippen molar-refractivity contribution in [3.05, 3.63) is 23.4 Å². The molecule has 0 atom stereocenters. The molecule has 78 valence electrons. The molecular formula is C10H14ClNOS. The van der Waals surface area contributed by atoms with Crippen LogP contribution in [0.1, 0.15) is 20.3 Å². The Labute approximate surface area is 93.7 Å². The van der Waals surface area contributed by atoms with Gasteiger partial charge in [0.1, 0.15) is 0 Å². The van der Waals surface area contributed by atoms with Gasteiger partial charge in [-0.1, -0.05) is 11.6 Å². The molecule has 4 heteroatoms. The van der Waals surface area contributed by atoms with E-state index in [4.69, 9.17) is 11.6 Å². The lowest BCUT2D eigenvalue weighted by molar-refractivity contribution is 0.0777. The first-order valence-corrected chi connectivity index (χ1v) is 5.80. The number of halogens is 1. The van der Waals surface area contributed by atoms with Crippen LogP contribution in [0.3, 0.4) is 0 Å². The van der Waals surface area contributed by atoms with Crippen LogP contribution in [0.4, 0.5) is 0 Å². The minimum Gasteiger partial charge on any atom is -0.390 e. The summed E-state index contributed by atoms with van der Waals surface area (Å²) >= 11 is 7.33. The molecule has 0 radical (unpaired) electrons. The first-order chi connectivity index (χ1) is 6.47. The predicted octanol–water partition coefficient (Wildman–Crippen LogP) is 2.99. The minimum atomic E-state index is -0.598. The van der Waals surface area contributed by atoms with E-state index in [1.807, 2.05) is 26.0 Å². The third-order valence-electron chi connectivity index (χ3n) is 1.66. The average molecular weight is 232 g/mol. The average Bonchev–Trinajstić information content (AvgIpc) is 2.06. The molecule has 0 aliphatic heterocycles. The van der Waals surface area contributed by atoms with Crippen molar-refractivity contribution in [2.75, 3.05) is 5.75 Å². The van der Waals surface area contributed by atoms with Crippen LogP contribution in [0.15, 0.2) is 23.4 Å². The third kappa shape index (κ3) is 4.84. The van der Waals surface area contributed by atoms with E-state index in [2.05, 4.69) is 4.98 Å². The van der Waals surface area contributed by atoms with Crippen LogP contribution in [0.5, 0.6) is 0 Å². The Morgan fingerprint density at radius 2 is 2.21 bits per heavy atom. The quantitative estimate of drug-likeness (QED) is 0.809. The molecule has 0 spiro atoms. The summed E-state index contributed by atoms with van der Waals surface area (Å²) in [5.74, 6) is 0.859. The largest absolute Gasteiger partial charge is 0.390 e. The zero-order valence-corrected chi connectivity index (χ0v) is 9.90. The number of hydrogen-bond donors (Lipinski definition) is 1. The van der Waals surface area contributed by atoms with Crippen LogP contribution in [-0.4, -0.2) is 21.4 Å². The summed E-state index contributed by atoms with van der Waals surface area (Å²) in [6, 6.07) is 3.71. The van der Waals surface area contributed by atoms with E-state index >= 15 is 0 Å². The molecule has 0 saturated heterocycles. The molecule has 1 N–H and O–H groups in total. The van der Waals surface area contributed by atoms with Crippen molar-refractivity contribution < 1.29 is 5.11 Å². The van der Waals surface area contributed by atoms with Gasteiger partial charge in [0.15, 0.2) is 0 Å². The molecule has 0 bridgehead atoms. The molecule has 0 amide bonds. The van der Waals surface area contributed by atoms with Crippen LogP contribution < -0.4 is 0 Å². The third-order valence-corrected chi connectivity index (χ3v) is 2.83. The summed E-state index contributed by atoms with van der Waals surface area (Å²) < 4.78 is 0. The highest BCUT2D eigenvalue weighted by molar-refractivity contribution is 7.99. The summed E-state index contributed by atoms with van der Waals surface area (Å²) in [4.78, 5) is 4.15. The van der Waals surface area contributed by atoms with Gasteiger partial charge in [-0.2, -0.15) is 0 Å².